The van der Waals surface area contributed by atoms with Crippen LogP contribution in [0, 0.1) is 5.92 Å². The second-order valence-corrected chi connectivity index (χ2v) is 8.00. The van der Waals surface area contributed by atoms with Crippen LogP contribution in [-0.2, 0) is 16.0 Å². The van der Waals surface area contributed by atoms with Crippen molar-refractivity contribution in [1.82, 2.24) is 20.2 Å². The number of carbonyl (C=O) groups is 2. The number of nitrogens with zero attached hydrogens (tertiary/aromatic N) is 2. The predicted octanol–water partition coefficient (Wildman–Crippen LogP) is 2.79. The van der Waals surface area contributed by atoms with Gasteiger partial charge in [0.25, 0.3) is 0 Å². The van der Waals surface area contributed by atoms with E-state index in [1.807, 2.05) is 24.3 Å². The van der Waals surface area contributed by atoms with Gasteiger partial charge in [-0.3, -0.25) is 9.59 Å². The summed E-state index contributed by atoms with van der Waals surface area (Å²) in [6.07, 6.45) is 6.60. The molecule has 2 aliphatic rings. The first-order valence-electron chi connectivity index (χ1n) is 10.1. The Balaban J connectivity index is 1.31. The van der Waals surface area contributed by atoms with E-state index in [9.17, 15) is 9.59 Å². The normalized spacial score (nSPS) is 24.3. The molecule has 2 fully saturated rings. The lowest BCUT2D eigenvalue weighted by Crippen LogP contribution is -2.47. The molecule has 0 spiro atoms. The number of hydrogen-bond acceptors (Lipinski definition) is 3. The molecule has 2 bridgehead atoms. The molecule has 2 aliphatic heterocycles. The first-order chi connectivity index (χ1) is 13.1. The van der Waals surface area contributed by atoms with Gasteiger partial charge in [0.15, 0.2) is 0 Å². The maximum Gasteiger partial charge on any atom is 0.223 e. The van der Waals surface area contributed by atoms with Crippen LogP contribution in [0.2, 0.25) is 0 Å². The number of rotatable bonds is 6. The Morgan fingerprint density at radius 1 is 1.22 bits per heavy atom. The van der Waals surface area contributed by atoms with Gasteiger partial charge in [-0.1, -0.05) is 12.1 Å². The summed E-state index contributed by atoms with van der Waals surface area (Å²) in [7, 11) is 0. The van der Waals surface area contributed by atoms with Crippen LogP contribution in [0.5, 0.6) is 0 Å². The quantitative estimate of drug-likeness (QED) is 0.823. The number of aromatic nitrogens is 2. The van der Waals surface area contributed by atoms with E-state index in [4.69, 9.17) is 0 Å². The van der Waals surface area contributed by atoms with Gasteiger partial charge >= 0.3 is 0 Å². The van der Waals surface area contributed by atoms with E-state index in [2.05, 4.69) is 20.2 Å². The minimum absolute atomic E-state index is 0.0381. The van der Waals surface area contributed by atoms with Crippen LogP contribution in [-0.4, -0.2) is 45.3 Å². The molecule has 144 valence electrons. The molecule has 6 heteroatoms. The van der Waals surface area contributed by atoms with E-state index in [0.717, 1.165) is 55.5 Å². The van der Waals surface area contributed by atoms with E-state index in [1.54, 1.807) is 6.92 Å². The lowest BCUT2D eigenvalue weighted by Gasteiger charge is -2.39. The molecule has 4 rings (SSSR count). The number of aromatic amines is 1. The average Bonchev–Trinajstić information content (AvgIpc) is 3.18. The summed E-state index contributed by atoms with van der Waals surface area (Å²) < 4.78 is 0. The van der Waals surface area contributed by atoms with Gasteiger partial charge in [-0.25, -0.2) is 4.98 Å². The van der Waals surface area contributed by atoms with Gasteiger partial charge < -0.3 is 15.2 Å². The van der Waals surface area contributed by atoms with E-state index >= 15 is 0 Å². The molecule has 2 aromatic rings. The highest BCUT2D eigenvalue weighted by molar-refractivity contribution is 5.78. The van der Waals surface area contributed by atoms with Crippen molar-refractivity contribution in [3.05, 3.63) is 30.1 Å². The van der Waals surface area contributed by atoms with Gasteiger partial charge in [0.1, 0.15) is 5.82 Å². The average molecular weight is 368 g/mol. The SMILES string of the molecule is CC(=O)NCCC1CC2CCC(C1)N2C(=O)CCc1nc2ccccc2[nH]1. The van der Waals surface area contributed by atoms with E-state index in [-0.39, 0.29) is 11.8 Å². The summed E-state index contributed by atoms with van der Waals surface area (Å²) in [6, 6.07) is 8.74. The topological polar surface area (TPSA) is 78.1 Å². The van der Waals surface area contributed by atoms with E-state index in [1.165, 1.54) is 0 Å². The first-order valence-corrected chi connectivity index (χ1v) is 10.1. The van der Waals surface area contributed by atoms with Crippen molar-refractivity contribution in [1.29, 1.82) is 0 Å². The fourth-order valence-electron chi connectivity index (χ4n) is 4.86. The van der Waals surface area contributed by atoms with Crippen molar-refractivity contribution in [3.63, 3.8) is 0 Å². The minimum Gasteiger partial charge on any atom is -0.356 e. The highest BCUT2D eigenvalue weighted by atomic mass is 16.2. The number of benzene rings is 1. The molecule has 0 saturated carbocycles. The summed E-state index contributed by atoms with van der Waals surface area (Å²) in [6.45, 7) is 2.31. The van der Waals surface area contributed by atoms with Crippen LogP contribution in [0.4, 0.5) is 0 Å². The summed E-state index contributed by atoms with van der Waals surface area (Å²) in [5.41, 5.74) is 1.99. The molecule has 2 atom stereocenters. The number of hydrogen-bond donors (Lipinski definition) is 2. The standard InChI is InChI=1S/C21H28N4O2/c1-14(26)22-11-10-15-12-16-6-7-17(13-15)25(16)21(27)9-8-20-23-18-4-2-3-5-19(18)24-20/h2-5,15-17H,6-13H2,1H3,(H,22,26)(H,23,24). The van der Waals surface area contributed by atoms with Crippen molar-refractivity contribution < 1.29 is 9.59 Å². The Morgan fingerprint density at radius 3 is 2.67 bits per heavy atom. The summed E-state index contributed by atoms with van der Waals surface area (Å²) >= 11 is 0. The summed E-state index contributed by atoms with van der Waals surface area (Å²) in [5, 5.41) is 2.90. The van der Waals surface area contributed by atoms with Gasteiger partial charge in [0, 0.05) is 38.4 Å². The number of imidazole rings is 1. The molecule has 2 saturated heterocycles. The third kappa shape index (κ3) is 3.99. The van der Waals surface area contributed by atoms with Gasteiger partial charge in [-0.05, 0) is 50.2 Å². The Hall–Kier alpha value is -2.37. The van der Waals surface area contributed by atoms with Gasteiger partial charge in [-0.15, -0.1) is 0 Å². The van der Waals surface area contributed by atoms with Crippen LogP contribution in [0.25, 0.3) is 11.0 Å². The molecule has 1 aromatic heterocycles. The van der Waals surface area contributed by atoms with Crippen molar-refractivity contribution >= 4 is 22.8 Å². The minimum atomic E-state index is 0.0381. The second kappa shape index (κ2) is 7.71. The molecular weight excluding hydrogens is 340 g/mol. The highest BCUT2D eigenvalue weighted by Crippen LogP contribution is 2.40. The van der Waals surface area contributed by atoms with E-state index in [0.29, 0.717) is 30.8 Å². The zero-order valence-electron chi connectivity index (χ0n) is 15.9. The van der Waals surface area contributed by atoms with Crippen molar-refractivity contribution in [2.24, 2.45) is 5.92 Å². The highest BCUT2D eigenvalue weighted by Gasteiger charge is 2.42. The van der Waals surface area contributed by atoms with Gasteiger partial charge in [0.2, 0.25) is 11.8 Å². The monoisotopic (exact) mass is 368 g/mol. The predicted molar refractivity (Wildman–Crippen MR) is 104 cm³/mol. The van der Waals surface area contributed by atoms with Crippen LogP contribution >= 0.6 is 0 Å². The maximum absolute atomic E-state index is 12.9. The summed E-state index contributed by atoms with van der Waals surface area (Å²) in [5.74, 6) is 1.82. The molecule has 2 N–H and O–H groups in total. The molecule has 3 heterocycles. The van der Waals surface area contributed by atoms with E-state index < -0.39 is 0 Å². The first kappa shape index (κ1) is 18.0. The van der Waals surface area contributed by atoms with Crippen LogP contribution in [0.3, 0.4) is 0 Å². The number of aryl methyl sites for hydroxylation is 1. The Bertz CT molecular complexity index is 783. The third-order valence-electron chi connectivity index (χ3n) is 6.06. The van der Waals surface area contributed by atoms with Gasteiger partial charge in [0.05, 0.1) is 11.0 Å². The number of piperidine rings is 1. The Labute approximate surface area is 159 Å². The fraction of sp³-hybridized carbons (Fsp3) is 0.571. The Kier molecular flexibility index (Phi) is 5.14. The second-order valence-electron chi connectivity index (χ2n) is 8.00. The molecule has 0 radical (unpaired) electrons. The molecule has 0 aliphatic carbocycles. The smallest absolute Gasteiger partial charge is 0.223 e. The number of amides is 2. The van der Waals surface area contributed by atoms with Crippen molar-refractivity contribution in [3.8, 4) is 0 Å². The molecule has 6 nitrogen and oxygen atoms in total. The van der Waals surface area contributed by atoms with Gasteiger partial charge in [-0.2, -0.15) is 0 Å². The van der Waals surface area contributed by atoms with Crippen LogP contribution in [0.1, 0.15) is 51.3 Å². The number of para-hydroxylation sites is 2. The fourth-order valence-corrected chi connectivity index (χ4v) is 4.86. The zero-order chi connectivity index (χ0) is 18.8. The van der Waals surface area contributed by atoms with Crippen LogP contribution in [0.15, 0.2) is 24.3 Å². The number of nitrogens with one attached hydrogen (secondary N) is 2. The lowest BCUT2D eigenvalue weighted by molar-refractivity contribution is -0.136. The largest absolute Gasteiger partial charge is 0.356 e. The molecule has 1 aromatic carbocycles. The number of carbonyl (C=O) groups excluding carboxylic acids is 2. The molecular formula is C21H28N4O2. The van der Waals surface area contributed by atoms with Crippen molar-refractivity contribution in [2.45, 2.75) is 64.0 Å². The lowest BCUT2D eigenvalue weighted by atomic mass is 9.88. The maximum atomic E-state index is 12.9. The molecule has 2 unspecified atom stereocenters. The third-order valence-corrected chi connectivity index (χ3v) is 6.06. The zero-order valence-corrected chi connectivity index (χ0v) is 15.9. The molecule has 27 heavy (non-hydrogen) atoms. The Morgan fingerprint density at radius 2 is 1.96 bits per heavy atom. The number of fused-ring (bicyclic) bond motifs is 3. The number of H-pyrrole nitrogens is 1. The summed E-state index contributed by atoms with van der Waals surface area (Å²) in [4.78, 5) is 34.0. The van der Waals surface area contributed by atoms with Crippen molar-refractivity contribution in [2.75, 3.05) is 6.54 Å². The van der Waals surface area contributed by atoms with Crippen LogP contribution < -0.4 is 5.32 Å². The molecule has 2 amide bonds.